The van der Waals surface area contributed by atoms with Gasteiger partial charge in [0.05, 0.1) is 6.10 Å². The molecule has 0 amide bonds. The summed E-state index contributed by atoms with van der Waals surface area (Å²) in [7, 11) is 0. The average molecular weight is 138 g/mol. The molecular weight excluding hydrogens is 124 g/mol. The topological polar surface area (TPSA) is 20.2 Å². The Hall–Kier alpha value is -0.300. The lowest BCUT2D eigenvalue weighted by molar-refractivity contribution is 0.0536. The molecule has 0 bridgehead atoms. The van der Waals surface area contributed by atoms with E-state index in [1.807, 2.05) is 0 Å². The first kappa shape index (κ1) is 6.41. The minimum absolute atomic E-state index is 0.0255. The molecule has 0 aromatic carbocycles. The SMILES string of the molecule is CC1=C[C@@H]2[C@H](O)CCC[C@H]12. The van der Waals surface area contributed by atoms with E-state index in [0.29, 0.717) is 5.92 Å². The van der Waals surface area contributed by atoms with Gasteiger partial charge in [-0.2, -0.15) is 0 Å². The Bertz CT molecular complexity index is 172. The van der Waals surface area contributed by atoms with Crippen LogP contribution in [0.4, 0.5) is 0 Å². The van der Waals surface area contributed by atoms with E-state index in [1.54, 1.807) is 0 Å². The fourth-order valence-electron chi connectivity index (χ4n) is 2.27. The van der Waals surface area contributed by atoms with Crippen molar-refractivity contribution in [1.29, 1.82) is 0 Å². The Morgan fingerprint density at radius 1 is 1.50 bits per heavy atom. The average Bonchev–Trinajstić information content (AvgIpc) is 1.91. The molecule has 2 aliphatic carbocycles. The maximum Gasteiger partial charge on any atom is 0.0608 e. The van der Waals surface area contributed by atoms with Crippen molar-refractivity contribution in [2.24, 2.45) is 11.8 Å². The predicted octanol–water partition coefficient (Wildman–Crippen LogP) is 1.72. The van der Waals surface area contributed by atoms with E-state index in [1.165, 1.54) is 18.4 Å². The summed E-state index contributed by atoms with van der Waals surface area (Å²) in [5, 5.41) is 9.47. The minimum atomic E-state index is -0.0255. The smallest absolute Gasteiger partial charge is 0.0608 e. The van der Waals surface area contributed by atoms with Crippen LogP contribution < -0.4 is 0 Å². The number of rotatable bonds is 0. The van der Waals surface area contributed by atoms with E-state index >= 15 is 0 Å². The molecule has 0 aromatic rings. The summed E-state index contributed by atoms with van der Waals surface area (Å²) in [6, 6.07) is 0. The molecule has 2 aliphatic rings. The van der Waals surface area contributed by atoms with Crippen LogP contribution >= 0.6 is 0 Å². The number of aliphatic hydroxyl groups excluding tert-OH is 1. The van der Waals surface area contributed by atoms with Gasteiger partial charge < -0.3 is 5.11 Å². The summed E-state index contributed by atoms with van der Waals surface area (Å²) in [6.07, 6.45) is 5.75. The molecule has 3 atom stereocenters. The van der Waals surface area contributed by atoms with Crippen molar-refractivity contribution in [1.82, 2.24) is 0 Å². The second-order valence-electron chi connectivity index (χ2n) is 3.59. The number of hydrogen-bond donors (Lipinski definition) is 1. The van der Waals surface area contributed by atoms with E-state index in [-0.39, 0.29) is 6.10 Å². The monoisotopic (exact) mass is 138 g/mol. The quantitative estimate of drug-likeness (QED) is 0.505. The van der Waals surface area contributed by atoms with E-state index in [2.05, 4.69) is 13.0 Å². The van der Waals surface area contributed by atoms with Crippen LogP contribution in [0.2, 0.25) is 0 Å². The van der Waals surface area contributed by atoms with Crippen molar-refractivity contribution < 1.29 is 5.11 Å². The van der Waals surface area contributed by atoms with Crippen molar-refractivity contribution >= 4 is 0 Å². The molecule has 1 N–H and O–H groups in total. The Balaban J connectivity index is 2.12. The van der Waals surface area contributed by atoms with Crippen LogP contribution in [0.3, 0.4) is 0 Å². The van der Waals surface area contributed by atoms with Crippen molar-refractivity contribution in [3.05, 3.63) is 11.6 Å². The molecule has 1 fully saturated rings. The fraction of sp³-hybridized carbons (Fsp3) is 0.778. The molecule has 0 aromatic heterocycles. The maximum absolute atomic E-state index is 9.47. The second kappa shape index (κ2) is 2.09. The molecule has 0 aliphatic heterocycles. The van der Waals surface area contributed by atoms with Gasteiger partial charge in [0.1, 0.15) is 0 Å². The molecular formula is C9H14O. The number of aliphatic hydroxyl groups is 1. The molecule has 0 heterocycles. The summed E-state index contributed by atoms with van der Waals surface area (Å²) in [5.74, 6) is 1.26. The second-order valence-corrected chi connectivity index (χ2v) is 3.59. The Morgan fingerprint density at radius 3 is 2.90 bits per heavy atom. The number of fused-ring (bicyclic) bond motifs is 1. The minimum Gasteiger partial charge on any atom is -0.392 e. The van der Waals surface area contributed by atoms with Gasteiger partial charge in [0.25, 0.3) is 0 Å². The summed E-state index contributed by atoms with van der Waals surface area (Å²) < 4.78 is 0. The molecule has 10 heavy (non-hydrogen) atoms. The summed E-state index contributed by atoms with van der Waals surface area (Å²) in [5.41, 5.74) is 1.50. The first-order chi connectivity index (χ1) is 4.79. The van der Waals surface area contributed by atoms with E-state index < -0.39 is 0 Å². The van der Waals surface area contributed by atoms with Gasteiger partial charge in [0.2, 0.25) is 0 Å². The van der Waals surface area contributed by atoms with E-state index in [0.717, 1.165) is 12.3 Å². The highest BCUT2D eigenvalue weighted by molar-refractivity contribution is 5.22. The number of hydrogen-bond acceptors (Lipinski definition) is 1. The molecule has 2 rings (SSSR count). The normalized spacial score (nSPS) is 45.4. The molecule has 0 unspecified atom stereocenters. The van der Waals surface area contributed by atoms with Crippen molar-refractivity contribution in [2.45, 2.75) is 32.3 Å². The molecule has 1 heteroatoms. The van der Waals surface area contributed by atoms with Gasteiger partial charge in [-0.1, -0.05) is 18.1 Å². The zero-order valence-electron chi connectivity index (χ0n) is 6.38. The van der Waals surface area contributed by atoms with Crippen LogP contribution in [0.5, 0.6) is 0 Å². The summed E-state index contributed by atoms with van der Waals surface area (Å²) >= 11 is 0. The van der Waals surface area contributed by atoms with Gasteiger partial charge in [0.15, 0.2) is 0 Å². The Kier molecular flexibility index (Phi) is 1.34. The molecule has 0 radical (unpaired) electrons. The van der Waals surface area contributed by atoms with Crippen molar-refractivity contribution in [3.63, 3.8) is 0 Å². The largest absolute Gasteiger partial charge is 0.392 e. The first-order valence-electron chi connectivity index (χ1n) is 4.15. The van der Waals surface area contributed by atoms with Crippen LogP contribution in [-0.2, 0) is 0 Å². The molecule has 1 nitrogen and oxygen atoms in total. The third kappa shape index (κ3) is 0.734. The number of allylic oxidation sites excluding steroid dienone is 1. The predicted molar refractivity (Wildman–Crippen MR) is 40.6 cm³/mol. The van der Waals surface area contributed by atoms with Gasteiger partial charge >= 0.3 is 0 Å². The fourth-order valence-corrected chi connectivity index (χ4v) is 2.27. The van der Waals surface area contributed by atoms with Gasteiger partial charge in [-0.3, -0.25) is 0 Å². The molecule has 56 valence electrons. The first-order valence-corrected chi connectivity index (χ1v) is 4.15. The molecule has 1 saturated carbocycles. The lowest BCUT2D eigenvalue weighted by Gasteiger charge is -2.41. The van der Waals surface area contributed by atoms with Crippen LogP contribution in [0.1, 0.15) is 26.2 Å². The van der Waals surface area contributed by atoms with Gasteiger partial charge in [-0.25, -0.2) is 0 Å². The maximum atomic E-state index is 9.47. The van der Waals surface area contributed by atoms with E-state index in [9.17, 15) is 5.11 Å². The molecule has 0 saturated heterocycles. The van der Waals surface area contributed by atoms with Crippen LogP contribution in [0.15, 0.2) is 11.6 Å². The lowest BCUT2D eigenvalue weighted by Crippen LogP contribution is -2.37. The lowest BCUT2D eigenvalue weighted by atomic mass is 9.66. The zero-order chi connectivity index (χ0) is 7.14. The highest BCUT2D eigenvalue weighted by atomic mass is 16.3. The van der Waals surface area contributed by atoms with Gasteiger partial charge in [-0.15, -0.1) is 0 Å². The van der Waals surface area contributed by atoms with Crippen LogP contribution in [-0.4, -0.2) is 11.2 Å². The van der Waals surface area contributed by atoms with E-state index in [4.69, 9.17) is 0 Å². The van der Waals surface area contributed by atoms with Gasteiger partial charge in [-0.05, 0) is 25.7 Å². The summed E-state index contributed by atoms with van der Waals surface area (Å²) in [4.78, 5) is 0. The van der Waals surface area contributed by atoms with Crippen LogP contribution in [0.25, 0.3) is 0 Å². The third-order valence-corrected chi connectivity index (χ3v) is 2.96. The van der Waals surface area contributed by atoms with Crippen molar-refractivity contribution in [3.8, 4) is 0 Å². The van der Waals surface area contributed by atoms with Gasteiger partial charge in [0, 0.05) is 5.92 Å². The highest BCUT2D eigenvalue weighted by Gasteiger charge is 2.37. The molecule has 0 spiro atoms. The standard InChI is InChI=1S/C9H14O/c1-6-5-8-7(6)3-2-4-9(8)10/h5,7-10H,2-4H2,1H3/t7-,8+,9-/m1/s1. The summed E-state index contributed by atoms with van der Waals surface area (Å²) in [6.45, 7) is 2.18. The van der Waals surface area contributed by atoms with Crippen molar-refractivity contribution in [2.75, 3.05) is 0 Å². The third-order valence-electron chi connectivity index (χ3n) is 2.96. The zero-order valence-corrected chi connectivity index (χ0v) is 6.38. The Labute approximate surface area is 61.8 Å². The van der Waals surface area contributed by atoms with Crippen LogP contribution in [0, 0.1) is 11.8 Å². The highest BCUT2D eigenvalue weighted by Crippen LogP contribution is 2.43. The Morgan fingerprint density at radius 2 is 2.30 bits per heavy atom.